The maximum absolute atomic E-state index is 12.7. The van der Waals surface area contributed by atoms with Crippen LogP contribution in [0.25, 0.3) is 0 Å². The molecule has 1 aliphatic carbocycles. The zero-order chi connectivity index (χ0) is 17.1. The Morgan fingerprint density at radius 3 is 2.88 bits per heavy atom. The van der Waals surface area contributed by atoms with Crippen LogP contribution in [0.2, 0.25) is 10.2 Å². The molecule has 24 heavy (non-hydrogen) atoms. The van der Waals surface area contributed by atoms with E-state index >= 15 is 0 Å². The third-order valence-electron chi connectivity index (χ3n) is 4.65. The molecule has 1 fully saturated rings. The Morgan fingerprint density at radius 2 is 2.12 bits per heavy atom. The lowest BCUT2D eigenvalue weighted by Gasteiger charge is -2.11. The molecule has 2 atom stereocenters. The molecule has 1 aromatic carbocycles. The first-order valence-corrected chi connectivity index (χ1v) is 8.05. The fourth-order valence-electron chi connectivity index (χ4n) is 3.41. The molecule has 6 nitrogen and oxygen atoms in total. The molecular weight excluding hydrogens is 351 g/mol. The van der Waals surface area contributed by atoms with Gasteiger partial charge in [0.25, 0.3) is 0 Å². The van der Waals surface area contributed by atoms with Crippen molar-refractivity contribution in [2.45, 2.75) is 11.8 Å². The number of nitrogens with zero attached hydrogens (tertiary/aromatic N) is 3. The topological polar surface area (TPSA) is 75.2 Å². The predicted octanol–water partition coefficient (Wildman–Crippen LogP) is 2.66. The molecule has 0 bridgehead atoms. The van der Waals surface area contributed by atoms with Gasteiger partial charge in [0.15, 0.2) is 0 Å². The van der Waals surface area contributed by atoms with E-state index in [-0.39, 0.29) is 17.0 Å². The maximum Gasteiger partial charge on any atom is 0.238 e. The number of rotatable bonds is 2. The average molecular weight is 363 g/mol. The normalized spacial score (nSPS) is 24.2. The molecule has 1 aromatic heterocycles. The van der Waals surface area contributed by atoms with Gasteiger partial charge in [-0.2, -0.15) is 0 Å². The Morgan fingerprint density at radius 1 is 1.33 bits per heavy atom. The van der Waals surface area contributed by atoms with Gasteiger partial charge in [0.1, 0.15) is 17.3 Å². The van der Waals surface area contributed by atoms with E-state index in [4.69, 9.17) is 23.2 Å². The monoisotopic (exact) mass is 362 g/mol. The molecule has 2 amide bonds. The Hall–Kier alpha value is -2.18. The lowest BCUT2D eigenvalue weighted by molar-refractivity contribution is -0.123. The molecule has 0 radical (unpaired) electrons. The Bertz CT molecular complexity index is 888. The fourth-order valence-corrected chi connectivity index (χ4v) is 3.73. The van der Waals surface area contributed by atoms with E-state index < -0.39 is 11.3 Å². The lowest BCUT2D eigenvalue weighted by atomic mass is 9.94. The van der Waals surface area contributed by atoms with Crippen LogP contribution in [-0.4, -0.2) is 28.8 Å². The molecule has 122 valence electrons. The van der Waals surface area contributed by atoms with E-state index in [1.165, 1.54) is 12.4 Å². The summed E-state index contributed by atoms with van der Waals surface area (Å²) in [5.74, 6) is -0.493. The van der Waals surface area contributed by atoms with Gasteiger partial charge in [0.05, 0.1) is 11.3 Å². The van der Waals surface area contributed by atoms with Crippen LogP contribution in [-0.2, 0) is 15.0 Å². The molecular formula is C16H12Cl2N4O2. The van der Waals surface area contributed by atoms with Gasteiger partial charge in [-0.15, -0.1) is 0 Å². The quantitative estimate of drug-likeness (QED) is 0.833. The summed E-state index contributed by atoms with van der Waals surface area (Å²) in [6.07, 6.45) is 1.72. The van der Waals surface area contributed by atoms with Crippen LogP contribution >= 0.6 is 23.2 Å². The summed E-state index contributed by atoms with van der Waals surface area (Å²) < 4.78 is 0. The summed E-state index contributed by atoms with van der Waals surface area (Å²) >= 11 is 11.9. The van der Waals surface area contributed by atoms with Crippen LogP contribution in [0.15, 0.2) is 30.6 Å². The van der Waals surface area contributed by atoms with Crippen molar-refractivity contribution in [1.29, 1.82) is 0 Å². The third kappa shape index (κ3) is 2.10. The number of aromatic nitrogens is 2. The van der Waals surface area contributed by atoms with Crippen LogP contribution in [0.5, 0.6) is 0 Å². The summed E-state index contributed by atoms with van der Waals surface area (Å²) in [5, 5.41) is 3.48. The van der Waals surface area contributed by atoms with Crippen molar-refractivity contribution >= 4 is 46.5 Å². The summed E-state index contributed by atoms with van der Waals surface area (Å²) in [6, 6.07) is 6.78. The first kappa shape index (κ1) is 15.4. The van der Waals surface area contributed by atoms with Gasteiger partial charge in [-0.25, -0.2) is 9.97 Å². The zero-order valence-corrected chi connectivity index (χ0v) is 14.1. The van der Waals surface area contributed by atoms with E-state index in [1.807, 2.05) is 6.07 Å². The number of carbonyl (C=O) groups is 2. The van der Waals surface area contributed by atoms with Crippen LogP contribution in [0.3, 0.4) is 0 Å². The van der Waals surface area contributed by atoms with Crippen molar-refractivity contribution in [2.24, 2.45) is 5.92 Å². The molecule has 2 aromatic rings. The van der Waals surface area contributed by atoms with E-state index in [0.717, 1.165) is 11.3 Å². The minimum absolute atomic E-state index is 0.0827. The van der Waals surface area contributed by atoms with Crippen LogP contribution in [0, 0.1) is 5.92 Å². The molecule has 8 heteroatoms. The number of nitrogens with one attached hydrogen (secondary N) is 1. The van der Waals surface area contributed by atoms with Crippen molar-refractivity contribution in [3.05, 3.63) is 46.3 Å². The van der Waals surface area contributed by atoms with Crippen LogP contribution in [0.1, 0.15) is 12.0 Å². The molecule has 1 saturated carbocycles. The predicted molar refractivity (Wildman–Crippen MR) is 90.3 cm³/mol. The highest BCUT2D eigenvalue weighted by Crippen LogP contribution is 2.62. The number of likely N-dealkylation sites (N-methyl/N-ethyl adjacent to an activating group) is 1. The SMILES string of the molecule is CN1C(=O)[C@@]2(C[C@@H]2C(=O)Nc2cc(Cl)ncn2)c2cc(Cl)ccc21. The molecule has 1 aliphatic heterocycles. The smallest absolute Gasteiger partial charge is 0.238 e. The summed E-state index contributed by atoms with van der Waals surface area (Å²) in [7, 11) is 1.71. The molecule has 2 aliphatic rings. The summed E-state index contributed by atoms with van der Waals surface area (Å²) in [4.78, 5) is 34.6. The van der Waals surface area contributed by atoms with Gasteiger partial charge in [-0.1, -0.05) is 23.2 Å². The highest BCUT2D eigenvalue weighted by molar-refractivity contribution is 6.31. The highest BCUT2D eigenvalue weighted by Gasteiger charge is 2.69. The maximum atomic E-state index is 12.7. The van der Waals surface area contributed by atoms with E-state index in [1.54, 1.807) is 24.1 Å². The van der Waals surface area contributed by atoms with Gasteiger partial charge >= 0.3 is 0 Å². The van der Waals surface area contributed by atoms with Gasteiger partial charge < -0.3 is 10.2 Å². The van der Waals surface area contributed by atoms with Gasteiger partial charge in [-0.3, -0.25) is 9.59 Å². The Balaban J connectivity index is 1.64. The minimum atomic E-state index is -0.824. The lowest BCUT2D eigenvalue weighted by Crippen LogP contribution is -2.32. The number of fused-ring (bicyclic) bond motifs is 2. The van der Waals surface area contributed by atoms with Crippen molar-refractivity contribution in [2.75, 3.05) is 17.3 Å². The molecule has 1 N–H and O–H groups in total. The van der Waals surface area contributed by atoms with Gasteiger partial charge in [0.2, 0.25) is 11.8 Å². The van der Waals surface area contributed by atoms with Crippen molar-refractivity contribution in [3.63, 3.8) is 0 Å². The number of benzene rings is 1. The molecule has 2 heterocycles. The number of hydrogen-bond acceptors (Lipinski definition) is 4. The van der Waals surface area contributed by atoms with Gasteiger partial charge in [0, 0.05) is 23.8 Å². The number of hydrogen-bond donors (Lipinski definition) is 1. The Kier molecular flexibility index (Phi) is 3.30. The molecule has 4 rings (SSSR count). The number of anilines is 2. The molecule has 1 spiro atoms. The zero-order valence-electron chi connectivity index (χ0n) is 12.6. The second-order valence-corrected chi connectivity index (χ2v) is 6.79. The van der Waals surface area contributed by atoms with Crippen LogP contribution in [0.4, 0.5) is 11.5 Å². The van der Waals surface area contributed by atoms with Gasteiger partial charge in [-0.05, 0) is 30.2 Å². The van der Waals surface area contributed by atoms with Crippen molar-refractivity contribution in [1.82, 2.24) is 9.97 Å². The largest absolute Gasteiger partial charge is 0.314 e. The molecule has 0 unspecified atom stereocenters. The van der Waals surface area contributed by atoms with E-state index in [0.29, 0.717) is 17.3 Å². The molecule has 0 saturated heterocycles. The second kappa shape index (κ2) is 5.16. The first-order chi connectivity index (χ1) is 11.4. The van der Waals surface area contributed by atoms with Crippen molar-refractivity contribution in [3.8, 4) is 0 Å². The highest BCUT2D eigenvalue weighted by atomic mass is 35.5. The standard InChI is InChI=1S/C16H12Cl2N4O2/c1-22-11-3-2-8(17)4-9(11)16(15(22)24)6-10(16)14(23)21-13-5-12(18)19-7-20-13/h2-5,7,10H,6H2,1H3,(H,19,20,21,23)/t10-,16+/m1/s1. The third-order valence-corrected chi connectivity index (χ3v) is 5.09. The number of halogens is 2. The minimum Gasteiger partial charge on any atom is -0.314 e. The number of amides is 2. The van der Waals surface area contributed by atoms with E-state index in [9.17, 15) is 9.59 Å². The van der Waals surface area contributed by atoms with E-state index in [2.05, 4.69) is 15.3 Å². The Labute approximate surface area is 147 Å². The first-order valence-electron chi connectivity index (χ1n) is 7.30. The summed E-state index contributed by atoms with van der Waals surface area (Å²) in [6.45, 7) is 0. The van der Waals surface area contributed by atoms with Crippen molar-refractivity contribution < 1.29 is 9.59 Å². The number of carbonyl (C=O) groups excluding carboxylic acids is 2. The van der Waals surface area contributed by atoms with Crippen LogP contribution < -0.4 is 10.2 Å². The summed E-state index contributed by atoms with van der Waals surface area (Å²) in [5.41, 5.74) is 0.781. The fraction of sp³-hybridized carbons (Fsp3) is 0.250. The second-order valence-electron chi connectivity index (χ2n) is 5.97. The average Bonchev–Trinajstić information content (AvgIpc) is 3.26.